The Balaban J connectivity index is 2.29. The fourth-order valence-electron chi connectivity index (χ4n) is 2.07. The van der Waals surface area contributed by atoms with Crippen LogP contribution >= 0.6 is 0 Å². The Morgan fingerprint density at radius 2 is 1.95 bits per heavy atom. The molecule has 0 amide bonds. The highest BCUT2D eigenvalue weighted by Gasteiger charge is 2.22. The molecule has 1 saturated heterocycles. The van der Waals surface area contributed by atoms with Crippen LogP contribution in [-0.2, 0) is 9.84 Å². The zero-order chi connectivity index (χ0) is 15.5. The van der Waals surface area contributed by atoms with Gasteiger partial charge in [-0.3, -0.25) is 0 Å². The van der Waals surface area contributed by atoms with Gasteiger partial charge in [0.15, 0.2) is 9.84 Å². The minimum absolute atomic E-state index is 0.145. The van der Waals surface area contributed by atoms with Crippen molar-refractivity contribution in [3.05, 3.63) is 0 Å². The van der Waals surface area contributed by atoms with E-state index in [9.17, 15) is 8.42 Å². The molecule has 118 valence electrons. The van der Waals surface area contributed by atoms with E-state index in [-0.39, 0.29) is 11.5 Å². The SMILES string of the molecule is CCNc1nc(N(C)C)nc(N2CCCS(=O)(=O)CC2)n1. The van der Waals surface area contributed by atoms with Crippen molar-refractivity contribution in [2.45, 2.75) is 13.3 Å². The van der Waals surface area contributed by atoms with Gasteiger partial charge in [-0.1, -0.05) is 0 Å². The molecular weight excluding hydrogens is 292 g/mol. The van der Waals surface area contributed by atoms with Crippen molar-refractivity contribution in [2.75, 3.05) is 60.4 Å². The van der Waals surface area contributed by atoms with E-state index in [4.69, 9.17) is 0 Å². The molecule has 1 aromatic heterocycles. The van der Waals surface area contributed by atoms with Crippen LogP contribution in [0.1, 0.15) is 13.3 Å². The molecule has 2 rings (SSSR count). The summed E-state index contributed by atoms with van der Waals surface area (Å²) >= 11 is 0. The van der Waals surface area contributed by atoms with Gasteiger partial charge >= 0.3 is 0 Å². The van der Waals surface area contributed by atoms with Gasteiger partial charge in [0, 0.05) is 33.7 Å². The molecule has 0 unspecified atom stereocenters. The lowest BCUT2D eigenvalue weighted by Crippen LogP contribution is -2.30. The van der Waals surface area contributed by atoms with Crippen molar-refractivity contribution in [1.82, 2.24) is 15.0 Å². The van der Waals surface area contributed by atoms with E-state index < -0.39 is 9.84 Å². The van der Waals surface area contributed by atoms with E-state index in [1.807, 2.05) is 25.9 Å². The number of hydrogen-bond acceptors (Lipinski definition) is 8. The van der Waals surface area contributed by atoms with Crippen LogP contribution in [0.25, 0.3) is 0 Å². The predicted octanol–water partition coefficient (Wildman–Crippen LogP) is -0.00570. The molecule has 1 fully saturated rings. The van der Waals surface area contributed by atoms with Crippen LogP contribution in [0.2, 0.25) is 0 Å². The summed E-state index contributed by atoms with van der Waals surface area (Å²) in [6, 6.07) is 0. The molecule has 0 atom stereocenters. The molecule has 0 radical (unpaired) electrons. The van der Waals surface area contributed by atoms with Crippen molar-refractivity contribution in [3.8, 4) is 0 Å². The minimum atomic E-state index is -2.95. The average Bonchev–Trinajstić information content (AvgIpc) is 2.59. The maximum absolute atomic E-state index is 11.7. The van der Waals surface area contributed by atoms with E-state index in [0.29, 0.717) is 43.9 Å². The Morgan fingerprint density at radius 1 is 1.19 bits per heavy atom. The molecule has 2 heterocycles. The normalized spacial score (nSPS) is 18.1. The summed E-state index contributed by atoms with van der Waals surface area (Å²) in [5.74, 6) is 1.98. The van der Waals surface area contributed by atoms with Crippen molar-refractivity contribution in [1.29, 1.82) is 0 Å². The van der Waals surface area contributed by atoms with Gasteiger partial charge in [-0.15, -0.1) is 0 Å². The summed E-state index contributed by atoms with van der Waals surface area (Å²) in [6.07, 6.45) is 0.599. The van der Waals surface area contributed by atoms with Gasteiger partial charge in [0.2, 0.25) is 17.8 Å². The van der Waals surface area contributed by atoms with Crippen molar-refractivity contribution >= 4 is 27.7 Å². The lowest BCUT2D eigenvalue weighted by atomic mass is 10.4. The number of anilines is 3. The maximum Gasteiger partial charge on any atom is 0.231 e. The quantitative estimate of drug-likeness (QED) is 0.830. The topological polar surface area (TPSA) is 91.3 Å². The summed E-state index contributed by atoms with van der Waals surface area (Å²) in [4.78, 5) is 16.9. The standard InChI is InChI=1S/C12H22N6O2S/c1-4-13-10-14-11(17(2)3)16-12(15-10)18-6-5-8-21(19,20)9-7-18/h4-9H2,1-3H3,(H,13,14,15,16). The zero-order valence-corrected chi connectivity index (χ0v) is 13.5. The van der Waals surface area contributed by atoms with Gasteiger partial charge in [0.05, 0.1) is 11.5 Å². The Labute approximate surface area is 125 Å². The van der Waals surface area contributed by atoms with Gasteiger partial charge < -0.3 is 15.1 Å². The van der Waals surface area contributed by atoms with Crippen LogP contribution in [0.3, 0.4) is 0 Å². The van der Waals surface area contributed by atoms with E-state index >= 15 is 0 Å². The molecule has 9 heteroatoms. The Kier molecular flexibility index (Phi) is 4.81. The average molecular weight is 314 g/mol. The fraction of sp³-hybridized carbons (Fsp3) is 0.750. The second kappa shape index (κ2) is 6.42. The monoisotopic (exact) mass is 314 g/mol. The van der Waals surface area contributed by atoms with Crippen LogP contribution < -0.4 is 15.1 Å². The van der Waals surface area contributed by atoms with Gasteiger partial charge in [0.1, 0.15) is 0 Å². The third kappa shape index (κ3) is 4.16. The first-order valence-corrected chi connectivity index (χ1v) is 8.86. The number of nitrogens with zero attached hydrogens (tertiary/aromatic N) is 5. The van der Waals surface area contributed by atoms with Crippen LogP contribution in [0.4, 0.5) is 17.8 Å². The van der Waals surface area contributed by atoms with E-state index in [0.717, 1.165) is 0 Å². The lowest BCUT2D eigenvalue weighted by Gasteiger charge is -2.21. The first kappa shape index (κ1) is 15.7. The van der Waals surface area contributed by atoms with Crippen LogP contribution in [0.5, 0.6) is 0 Å². The molecule has 8 nitrogen and oxygen atoms in total. The van der Waals surface area contributed by atoms with Crippen LogP contribution in [-0.4, -0.2) is 68.6 Å². The summed E-state index contributed by atoms with van der Waals surface area (Å²) < 4.78 is 23.4. The highest BCUT2D eigenvalue weighted by Crippen LogP contribution is 2.17. The molecule has 1 N–H and O–H groups in total. The van der Waals surface area contributed by atoms with E-state index in [1.54, 1.807) is 4.90 Å². The smallest absolute Gasteiger partial charge is 0.231 e. The molecule has 0 spiro atoms. The fourth-order valence-corrected chi connectivity index (χ4v) is 3.34. The van der Waals surface area contributed by atoms with Gasteiger partial charge in [-0.25, -0.2) is 8.42 Å². The number of aromatic nitrogens is 3. The predicted molar refractivity (Wildman–Crippen MR) is 83.8 cm³/mol. The molecule has 21 heavy (non-hydrogen) atoms. The largest absolute Gasteiger partial charge is 0.354 e. The number of rotatable bonds is 4. The number of nitrogens with one attached hydrogen (secondary N) is 1. The van der Waals surface area contributed by atoms with Crippen molar-refractivity contribution in [2.24, 2.45) is 0 Å². The molecule has 1 aliphatic rings. The molecule has 1 aromatic rings. The summed E-state index contributed by atoms with van der Waals surface area (Å²) in [7, 11) is 0.780. The third-order valence-electron chi connectivity index (χ3n) is 3.19. The Morgan fingerprint density at radius 3 is 2.62 bits per heavy atom. The molecule has 0 saturated carbocycles. The second-order valence-electron chi connectivity index (χ2n) is 5.18. The minimum Gasteiger partial charge on any atom is -0.354 e. The molecule has 1 aliphatic heterocycles. The van der Waals surface area contributed by atoms with E-state index in [1.165, 1.54) is 0 Å². The van der Waals surface area contributed by atoms with E-state index in [2.05, 4.69) is 20.3 Å². The van der Waals surface area contributed by atoms with Crippen LogP contribution in [0, 0.1) is 0 Å². The molecule has 0 aromatic carbocycles. The third-order valence-corrected chi connectivity index (χ3v) is 4.90. The number of hydrogen-bond donors (Lipinski definition) is 1. The summed E-state index contributed by atoms with van der Waals surface area (Å²) in [5.41, 5.74) is 0. The Bertz CT molecular complexity index is 589. The second-order valence-corrected chi connectivity index (χ2v) is 7.48. The van der Waals surface area contributed by atoms with Crippen molar-refractivity contribution < 1.29 is 8.42 Å². The van der Waals surface area contributed by atoms with Gasteiger partial charge in [0.25, 0.3) is 0 Å². The molecule has 0 aliphatic carbocycles. The molecular formula is C12H22N6O2S. The zero-order valence-electron chi connectivity index (χ0n) is 12.7. The van der Waals surface area contributed by atoms with Gasteiger partial charge in [-0.05, 0) is 13.3 Å². The lowest BCUT2D eigenvalue weighted by molar-refractivity contribution is 0.597. The highest BCUT2D eigenvalue weighted by molar-refractivity contribution is 7.91. The van der Waals surface area contributed by atoms with Gasteiger partial charge in [-0.2, -0.15) is 15.0 Å². The molecule has 0 bridgehead atoms. The number of sulfone groups is 1. The highest BCUT2D eigenvalue weighted by atomic mass is 32.2. The first-order chi connectivity index (χ1) is 9.91. The van der Waals surface area contributed by atoms with Crippen molar-refractivity contribution in [3.63, 3.8) is 0 Å². The van der Waals surface area contributed by atoms with Crippen LogP contribution in [0.15, 0.2) is 0 Å². The summed E-state index contributed by atoms with van der Waals surface area (Å²) in [5, 5.41) is 3.08. The maximum atomic E-state index is 11.7. The summed E-state index contributed by atoms with van der Waals surface area (Å²) in [6.45, 7) is 3.74. The Hall–Kier alpha value is -1.64. The first-order valence-electron chi connectivity index (χ1n) is 7.04.